The van der Waals surface area contributed by atoms with Crippen molar-refractivity contribution in [1.82, 2.24) is 20.2 Å². The molecule has 3 rings (SSSR count). The largest absolute Gasteiger partial charge is 0.347 e. The molecule has 6 heteroatoms. The first kappa shape index (κ1) is 15.1. The first-order chi connectivity index (χ1) is 10.8. The van der Waals surface area contributed by atoms with Crippen molar-refractivity contribution in [1.29, 1.82) is 0 Å². The van der Waals surface area contributed by atoms with E-state index in [1.165, 1.54) is 11.3 Å². The van der Waals surface area contributed by atoms with Crippen LogP contribution in [0.4, 0.5) is 4.79 Å². The summed E-state index contributed by atoms with van der Waals surface area (Å²) in [6, 6.07) is 4.66. The summed E-state index contributed by atoms with van der Waals surface area (Å²) in [5.41, 5.74) is 0. The van der Waals surface area contributed by atoms with Crippen LogP contribution in [0.15, 0.2) is 29.9 Å². The Kier molecular flexibility index (Phi) is 5.11. The maximum atomic E-state index is 12.4. The van der Waals surface area contributed by atoms with E-state index in [4.69, 9.17) is 0 Å². The average Bonchev–Trinajstić information content (AvgIpc) is 3.24. The summed E-state index contributed by atoms with van der Waals surface area (Å²) < 4.78 is 0. The molecule has 3 heterocycles. The molecule has 2 N–H and O–H groups in total. The molecule has 5 nitrogen and oxygen atoms in total. The number of hydrogen-bond donors (Lipinski definition) is 2. The van der Waals surface area contributed by atoms with Crippen LogP contribution in [0.3, 0.4) is 0 Å². The Morgan fingerprint density at radius 3 is 3.23 bits per heavy atom. The normalized spacial score (nSPS) is 18.4. The number of nitrogens with one attached hydrogen (secondary N) is 2. The number of imidazole rings is 1. The van der Waals surface area contributed by atoms with Gasteiger partial charge < -0.3 is 15.2 Å². The predicted molar refractivity (Wildman–Crippen MR) is 87.8 cm³/mol. The number of aromatic nitrogens is 2. The molecule has 2 amide bonds. The lowest BCUT2D eigenvalue weighted by Crippen LogP contribution is -2.48. The Bertz CT molecular complexity index is 567. The van der Waals surface area contributed by atoms with Crippen molar-refractivity contribution < 1.29 is 4.79 Å². The lowest BCUT2D eigenvalue weighted by molar-refractivity contribution is 0.146. The van der Waals surface area contributed by atoms with Gasteiger partial charge in [-0.1, -0.05) is 6.07 Å². The molecule has 118 valence electrons. The van der Waals surface area contributed by atoms with Gasteiger partial charge >= 0.3 is 6.03 Å². The van der Waals surface area contributed by atoms with Gasteiger partial charge in [0.15, 0.2) is 0 Å². The highest BCUT2D eigenvalue weighted by atomic mass is 32.1. The Balaban J connectivity index is 1.53. The second-order valence-corrected chi connectivity index (χ2v) is 6.69. The van der Waals surface area contributed by atoms with Crippen LogP contribution in [-0.2, 0) is 13.0 Å². The molecule has 1 fully saturated rings. The van der Waals surface area contributed by atoms with Crippen LogP contribution in [0.2, 0.25) is 0 Å². The smallest absolute Gasteiger partial charge is 0.318 e. The first-order valence-electron chi connectivity index (χ1n) is 7.88. The van der Waals surface area contributed by atoms with Gasteiger partial charge in [-0.2, -0.15) is 0 Å². The van der Waals surface area contributed by atoms with Crippen LogP contribution in [0.1, 0.15) is 36.4 Å². The molecule has 2 aromatic heterocycles. The van der Waals surface area contributed by atoms with Crippen molar-refractivity contribution in [3.63, 3.8) is 0 Å². The number of carbonyl (C=O) groups excluding carboxylic acids is 1. The number of nitrogens with zero attached hydrogens (tertiary/aromatic N) is 2. The number of aromatic amines is 1. The van der Waals surface area contributed by atoms with Crippen molar-refractivity contribution in [2.24, 2.45) is 0 Å². The average molecular weight is 318 g/mol. The van der Waals surface area contributed by atoms with Crippen LogP contribution in [0.25, 0.3) is 0 Å². The number of piperidine rings is 1. The molecular weight excluding hydrogens is 296 g/mol. The maximum Gasteiger partial charge on any atom is 0.318 e. The second-order valence-electron chi connectivity index (χ2n) is 5.66. The molecule has 2 aromatic rings. The summed E-state index contributed by atoms with van der Waals surface area (Å²) in [4.78, 5) is 23.0. The molecule has 1 aliphatic heterocycles. The van der Waals surface area contributed by atoms with E-state index in [1.54, 1.807) is 23.7 Å². The van der Waals surface area contributed by atoms with E-state index in [1.807, 2.05) is 4.90 Å². The topological polar surface area (TPSA) is 61.0 Å². The third kappa shape index (κ3) is 3.88. The zero-order valence-corrected chi connectivity index (χ0v) is 13.4. The van der Waals surface area contributed by atoms with Crippen LogP contribution in [0.5, 0.6) is 0 Å². The van der Waals surface area contributed by atoms with Crippen LogP contribution >= 0.6 is 11.3 Å². The maximum absolute atomic E-state index is 12.4. The molecule has 0 aromatic carbocycles. The number of H-pyrrole nitrogens is 1. The van der Waals surface area contributed by atoms with Crippen molar-refractivity contribution in [2.45, 2.75) is 44.7 Å². The lowest BCUT2D eigenvalue weighted by atomic mass is 9.98. The van der Waals surface area contributed by atoms with E-state index in [0.29, 0.717) is 12.6 Å². The summed E-state index contributed by atoms with van der Waals surface area (Å²) in [6.45, 7) is 1.32. The van der Waals surface area contributed by atoms with Crippen LogP contribution < -0.4 is 5.32 Å². The number of amides is 2. The van der Waals surface area contributed by atoms with Crippen molar-refractivity contribution in [2.75, 3.05) is 6.54 Å². The third-order valence-corrected chi connectivity index (χ3v) is 5.09. The number of rotatable bonds is 5. The highest BCUT2D eigenvalue weighted by Crippen LogP contribution is 2.22. The van der Waals surface area contributed by atoms with E-state index in [9.17, 15) is 4.79 Å². The van der Waals surface area contributed by atoms with E-state index < -0.39 is 0 Å². The van der Waals surface area contributed by atoms with E-state index >= 15 is 0 Å². The highest BCUT2D eigenvalue weighted by molar-refractivity contribution is 7.09. The fourth-order valence-corrected chi connectivity index (χ4v) is 3.71. The summed E-state index contributed by atoms with van der Waals surface area (Å²) in [5, 5.41) is 5.09. The molecule has 1 unspecified atom stereocenters. The quantitative estimate of drug-likeness (QED) is 0.889. The SMILES string of the molecule is O=C(NCc1ncc[nH]1)N1CCCCC1CCc1cccs1. The van der Waals surface area contributed by atoms with Crippen LogP contribution in [-0.4, -0.2) is 33.5 Å². The zero-order valence-electron chi connectivity index (χ0n) is 12.6. The number of aryl methyl sites for hydroxylation is 1. The number of carbonyl (C=O) groups is 1. The van der Waals surface area contributed by atoms with Gasteiger partial charge in [-0.3, -0.25) is 0 Å². The molecule has 0 aliphatic carbocycles. The van der Waals surface area contributed by atoms with Gasteiger partial charge in [-0.15, -0.1) is 11.3 Å². The molecular formula is C16H22N4OS. The number of likely N-dealkylation sites (tertiary alicyclic amines) is 1. The molecule has 1 saturated heterocycles. The summed E-state index contributed by atoms with van der Waals surface area (Å²) in [7, 11) is 0. The van der Waals surface area contributed by atoms with E-state index in [0.717, 1.165) is 38.1 Å². The molecule has 0 spiro atoms. The molecule has 1 atom stereocenters. The van der Waals surface area contributed by atoms with Gasteiger partial charge in [-0.25, -0.2) is 9.78 Å². The number of urea groups is 1. The van der Waals surface area contributed by atoms with E-state index in [2.05, 4.69) is 32.8 Å². The minimum atomic E-state index is 0.0345. The van der Waals surface area contributed by atoms with Gasteiger partial charge in [0.05, 0.1) is 6.54 Å². The standard InChI is InChI=1S/C16H22N4OS/c21-16(19-12-15-17-8-9-18-15)20-10-2-1-4-13(20)6-7-14-5-3-11-22-14/h3,5,8-9,11,13H,1-2,4,6-7,10,12H2,(H,17,18)(H,19,21). The van der Waals surface area contributed by atoms with Crippen molar-refractivity contribution >= 4 is 17.4 Å². The number of hydrogen-bond acceptors (Lipinski definition) is 3. The van der Waals surface area contributed by atoms with E-state index in [-0.39, 0.29) is 6.03 Å². The van der Waals surface area contributed by atoms with Crippen LogP contribution in [0, 0.1) is 0 Å². The Morgan fingerprint density at radius 2 is 2.45 bits per heavy atom. The Labute approximate surface area is 134 Å². The van der Waals surface area contributed by atoms with Gasteiger partial charge in [0, 0.05) is 29.9 Å². The Morgan fingerprint density at radius 1 is 1.50 bits per heavy atom. The van der Waals surface area contributed by atoms with Gasteiger partial charge in [0.25, 0.3) is 0 Å². The second kappa shape index (κ2) is 7.45. The monoisotopic (exact) mass is 318 g/mol. The molecule has 22 heavy (non-hydrogen) atoms. The molecule has 0 saturated carbocycles. The minimum Gasteiger partial charge on any atom is -0.347 e. The summed E-state index contributed by atoms with van der Waals surface area (Å²) >= 11 is 1.80. The van der Waals surface area contributed by atoms with Crippen molar-refractivity contribution in [3.05, 3.63) is 40.6 Å². The van der Waals surface area contributed by atoms with Gasteiger partial charge in [0.1, 0.15) is 5.82 Å². The van der Waals surface area contributed by atoms with Crippen molar-refractivity contribution in [3.8, 4) is 0 Å². The minimum absolute atomic E-state index is 0.0345. The van der Waals surface area contributed by atoms with Gasteiger partial charge in [-0.05, 0) is 43.6 Å². The fourth-order valence-electron chi connectivity index (χ4n) is 2.99. The fraction of sp³-hybridized carbons (Fsp3) is 0.500. The summed E-state index contributed by atoms with van der Waals surface area (Å²) in [5.74, 6) is 0.792. The summed E-state index contributed by atoms with van der Waals surface area (Å²) in [6.07, 6.45) is 9.01. The highest BCUT2D eigenvalue weighted by Gasteiger charge is 2.26. The first-order valence-corrected chi connectivity index (χ1v) is 8.76. The molecule has 0 radical (unpaired) electrons. The zero-order chi connectivity index (χ0) is 15.2. The molecule has 0 bridgehead atoms. The third-order valence-electron chi connectivity index (χ3n) is 4.15. The lowest BCUT2D eigenvalue weighted by Gasteiger charge is -2.35. The van der Waals surface area contributed by atoms with Gasteiger partial charge in [0.2, 0.25) is 0 Å². The molecule has 1 aliphatic rings. The number of thiophene rings is 1. The predicted octanol–water partition coefficient (Wildman–Crippen LogP) is 3.17. The Hall–Kier alpha value is -1.82.